The maximum absolute atomic E-state index is 11.9. The van der Waals surface area contributed by atoms with E-state index < -0.39 is 10.8 Å². The summed E-state index contributed by atoms with van der Waals surface area (Å²) in [5.41, 5.74) is 0.701. The Kier molecular flexibility index (Phi) is 6.01. The molecule has 2 N–H and O–H groups in total. The van der Waals surface area contributed by atoms with Gasteiger partial charge in [-0.05, 0) is 31.3 Å². The van der Waals surface area contributed by atoms with Crippen molar-refractivity contribution < 1.29 is 14.5 Å². The Balaban J connectivity index is 2.66. The average molecular weight is 297 g/mol. The number of ether oxygens (including phenoxy) is 1. The zero-order valence-electron chi connectivity index (χ0n) is 11.1. The molecule has 20 heavy (non-hydrogen) atoms. The van der Waals surface area contributed by atoms with Crippen LogP contribution < -0.4 is 10.6 Å². The van der Waals surface area contributed by atoms with Crippen LogP contribution in [0.3, 0.4) is 0 Å². The van der Waals surface area contributed by atoms with E-state index in [2.05, 4.69) is 10.6 Å². The van der Waals surface area contributed by atoms with Crippen LogP contribution in [0.25, 0.3) is 0 Å². The van der Waals surface area contributed by atoms with Crippen molar-refractivity contribution in [3.8, 4) is 0 Å². The normalized spacial score (nSPS) is 9.90. The van der Waals surface area contributed by atoms with Crippen molar-refractivity contribution in [3.63, 3.8) is 0 Å². The van der Waals surface area contributed by atoms with E-state index in [9.17, 15) is 14.9 Å². The Morgan fingerprint density at radius 2 is 2.20 bits per heavy atom. The van der Waals surface area contributed by atoms with Gasteiger partial charge >= 0.3 is 0 Å². The summed E-state index contributed by atoms with van der Waals surface area (Å²) in [4.78, 5) is 22.1. The number of hydrogen-bond acceptors (Lipinski definition) is 5. The van der Waals surface area contributed by atoms with E-state index in [1.165, 1.54) is 18.2 Å². The number of rotatable bonds is 5. The van der Waals surface area contributed by atoms with Crippen molar-refractivity contribution in [2.24, 2.45) is 0 Å². The van der Waals surface area contributed by atoms with Crippen LogP contribution in [0.1, 0.15) is 15.9 Å². The van der Waals surface area contributed by atoms with Crippen LogP contribution in [0.4, 0.5) is 5.69 Å². The molecule has 1 aromatic carbocycles. The summed E-state index contributed by atoms with van der Waals surface area (Å²) < 4.78 is 4.83. The molecule has 0 saturated carbocycles. The van der Waals surface area contributed by atoms with Crippen LogP contribution in [0.5, 0.6) is 0 Å². The third-order valence-electron chi connectivity index (χ3n) is 2.47. The Morgan fingerprint density at radius 1 is 1.50 bits per heavy atom. The molecule has 0 aromatic heterocycles. The van der Waals surface area contributed by atoms with Gasteiger partial charge in [-0.3, -0.25) is 20.2 Å². The lowest BCUT2D eigenvalue weighted by atomic mass is 10.1. The second-order valence-electron chi connectivity index (χ2n) is 3.96. The lowest BCUT2D eigenvalue weighted by molar-refractivity contribution is -0.385. The van der Waals surface area contributed by atoms with Crippen LogP contribution in [-0.2, 0) is 4.74 Å². The van der Waals surface area contributed by atoms with Gasteiger partial charge in [0, 0.05) is 30.8 Å². The van der Waals surface area contributed by atoms with Gasteiger partial charge in [0.15, 0.2) is 5.11 Å². The fourth-order valence-corrected chi connectivity index (χ4v) is 1.68. The first-order valence-electron chi connectivity index (χ1n) is 5.79. The predicted molar refractivity (Wildman–Crippen MR) is 77.8 cm³/mol. The monoisotopic (exact) mass is 297 g/mol. The van der Waals surface area contributed by atoms with Gasteiger partial charge in [-0.1, -0.05) is 0 Å². The zero-order valence-corrected chi connectivity index (χ0v) is 12.0. The highest BCUT2D eigenvalue weighted by Crippen LogP contribution is 2.18. The van der Waals surface area contributed by atoms with Crippen LogP contribution in [0.15, 0.2) is 18.2 Å². The molecule has 0 fully saturated rings. The molecular formula is C12H15N3O4S. The first-order valence-corrected chi connectivity index (χ1v) is 6.19. The fraction of sp³-hybridized carbons (Fsp3) is 0.333. The number of nitrogens with one attached hydrogen (secondary N) is 2. The second kappa shape index (κ2) is 7.51. The summed E-state index contributed by atoms with van der Waals surface area (Å²) in [6.45, 7) is 2.52. The lowest BCUT2D eigenvalue weighted by Crippen LogP contribution is -2.40. The molecule has 7 nitrogen and oxygen atoms in total. The van der Waals surface area contributed by atoms with E-state index >= 15 is 0 Å². The first-order chi connectivity index (χ1) is 9.45. The fourth-order valence-electron chi connectivity index (χ4n) is 1.49. The number of amides is 1. The minimum atomic E-state index is -0.492. The zero-order chi connectivity index (χ0) is 15.1. The number of nitrogens with zero attached hydrogens (tertiary/aromatic N) is 1. The molecule has 0 bridgehead atoms. The van der Waals surface area contributed by atoms with E-state index in [-0.39, 0.29) is 10.8 Å². The van der Waals surface area contributed by atoms with Crippen LogP contribution >= 0.6 is 12.2 Å². The number of benzene rings is 1. The molecule has 1 rings (SSSR count). The number of hydrogen-bond donors (Lipinski definition) is 2. The molecule has 0 saturated heterocycles. The second-order valence-corrected chi connectivity index (χ2v) is 4.37. The first kappa shape index (κ1) is 16.0. The molecule has 0 radical (unpaired) electrons. The molecule has 108 valence electrons. The predicted octanol–water partition coefficient (Wildman–Crippen LogP) is 1.15. The number of aryl methyl sites for hydroxylation is 1. The number of methoxy groups -OCH3 is 1. The van der Waals surface area contributed by atoms with Crippen molar-refractivity contribution >= 4 is 28.9 Å². The molecule has 0 aliphatic carbocycles. The van der Waals surface area contributed by atoms with Crippen molar-refractivity contribution in [2.75, 3.05) is 20.3 Å². The summed E-state index contributed by atoms with van der Waals surface area (Å²) in [5, 5.41) is 16.2. The minimum Gasteiger partial charge on any atom is -0.383 e. The van der Waals surface area contributed by atoms with Gasteiger partial charge in [-0.25, -0.2) is 0 Å². The molecule has 0 aliphatic heterocycles. The Labute approximate surface area is 121 Å². The van der Waals surface area contributed by atoms with Crippen molar-refractivity contribution in [2.45, 2.75) is 6.92 Å². The molecule has 0 heterocycles. The standard InChI is InChI=1S/C12H15N3O4S/c1-8-7-9(3-4-10(8)15(17)18)11(16)14-12(20)13-5-6-19-2/h3-4,7H,5-6H2,1-2H3,(H2,13,14,16,20). The van der Waals surface area contributed by atoms with Crippen molar-refractivity contribution in [3.05, 3.63) is 39.4 Å². The van der Waals surface area contributed by atoms with E-state index in [4.69, 9.17) is 17.0 Å². The van der Waals surface area contributed by atoms with Gasteiger partial charge < -0.3 is 10.1 Å². The largest absolute Gasteiger partial charge is 0.383 e. The minimum absolute atomic E-state index is 0.0256. The van der Waals surface area contributed by atoms with Crippen molar-refractivity contribution in [1.82, 2.24) is 10.6 Å². The number of nitro benzene ring substituents is 1. The highest BCUT2D eigenvalue weighted by atomic mass is 32.1. The third-order valence-corrected chi connectivity index (χ3v) is 2.72. The summed E-state index contributed by atoms with van der Waals surface area (Å²) in [7, 11) is 1.56. The number of thiocarbonyl (C=S) groups is 1. The van der Waals surface area contributed by atoms with Gasteiger partial charge in [-0.2, -0.15) is 0 Å². The summed E-state index contributed by atoms with van der Waals surface area (Å²) in [6.07, 6.45) is 0. The number of carbonyl (C=O) groups is 1. The van der Waals surface area contributed by atoms with E-state index in [1.807, 2.05) is 0 Å². The van der Waals surface area contributed by atoms with Crippen LogP contribution in [0, 0.1) is 17.0 Å². The lowest BCUT2D eigenvalue weighted by Gasteiger charge is -2.09. The van der Waals surface area contributed by atoms with Gasteiger partial charge in [-0.15, -0.1) is 0 Å². The summed E-state index contributed by atoms with van der Waals surface area (Å²) >= 11 is 4.94. The van der Waals surface area contributed by atoms with Gasteiger partial charge in [0.25, 0.3) is 11.6 Å². The van der Waals surface area contributed by atoms with Crippen LogP contribution in [0.2, 0.25) is 0 Å². The quantitative estimate of drug-likeness (QED) is 0.366. The molecule has 1 amide bonds. The molecule has 0 spiro atoms. The molecule has 0 aliphatic rings. The van der Waals surface area contributed by atoms with E-state index in [0.717, 1.165) is 0 Å². The van der Waals surface area contributed by atoms with Gasteiger partial charge in [0.1, 0.15) is 0 Å². The molecule has 8 heteroatoms. The SMILES string of the molecule is COCCNC(=S)NC(=O)c1ccc([N+](=O)[O-])c(C)c1. The average Bonchev–Trinajstić information content (AvgIpc) is 2.38. The molecular weight excluding hydrogens is 282 g/mol. The number of carbonyl (C=O) groups excluding carboxylic acids is 1. The highest BCUT2D eigenvalue weighted by molar-refractivity contribution is 7.80. The van der Waals surface area contributed by atoms with Gasteiger partial charge in [0.2, 0.25) is 0 Å². The van der Waals surface area contributed by atoms with Crippen molar-refractivity contribution in [1.29, 1.82) is 0 Å². The van der Waals surface area contributed by atoms with E-state index in [1.54, 1.807) is 14.0 Å². The molecule has 0 atom stereocenters. The smallest absolute Gasteiger partial charge is 0.272 e. The van der Waals surface area contributed by atoms with E-state index in [0.29, 0.717) is 24.3 Å². The maximum atomic E-state index is 11.9. The Hall–Kier alpha value is -2.06. The third kappa shape index (κ3) is 4.56. The summed E-state index contributed by atoms with van der Waals surface area (Å²) in [5.74, 6) is -0.419. The van der Waals surface area contributed by atoms with Gasteiger partial charge in [0.05, 0.1) is 11.5 Å². The summed E-state index contributed by atoms with van der Waals surface area (Å²) in [6, 6.07) is 4.13. The maximum Gasteiger partial charge on any atom is 0.272 e. The highest BCUT2D eigenvalue weighted by Gasteiger charge is 2.14. The Morgan fingerprint density at radius 3 is 2.75 bits per heavy atom. The Bertz CT molecular complexity index is 533. The molecule has 1 aromatic rings. The number of nitro groups is 1. The molecule has 0 unspecified atom stereocenters. The topological polar surface area (TPSA) is 93.5 Å². The van der Waals surface area contributed by atoms with Crippen LogP contribution in [-0.4, -0.2) is 36.2 Å².